The van der Waals surface area contributed by atoms with E-state index >= 15 is 0 Å². The molecule has 0 fully saturated rings. The zero-order valence-electron chi connectivity index (χ0n) is 10.0. The van der Waals surface area contributed by atoms with Crippen LogP contribution in [-0.4, -0.2) is 30.7 Å². The number of nitrogens with one attached hydrogen (secondary N) is 1. The Morgan fingerprint density at radius 1 is 1.26 bits per heavy atom. The number of esters is 1. The fraction of sp³-hybridized carbons (Fsp3) is 0.333. The SMILES string of the molecule is CCOC(=O)[C@H](NC(=O)c1ccccc1)C(F)(F)F. The van der Waals surface area contributed by atoms with Crippen molar-refractivity contribution in [3.05, 3.63) is 35.9 Å². The van der Waals surface area contributed by atoms with Crippen molar-refractivity contribution in [3.63, 3.8) is 0 Å². The molecule has 4 nitrogen and oxygen atoms in total. The van der Waals surface area contributed by atoms with E-state index in [1.54, 1.807) is 11.4 Å². The molecule has 0 bridgehead atoms. The topological polar surface area (TPSA) is 55.4 Å². The number of amides is 1. The number of rotatable bonds is 4. The normalized spacial score (nSPS) is 12.6. The number of carbonyl (C=O) groups is 2. The lowest BCUT2D eigenvalue weighted by molar-refractivity contribution is -0.182. The van der Waals surface area contributed by atoms with Gasteiger partial charge in [-0.2, -0.15) is 13.2 Å². The van der Waals surface area contributed by atoms with Crippen LogP contribution < -0.4 is 5.32 Å². The van der Waals surface area contributed by atoms with E-state index in [2.05, 4.69) is 4.74 Å². The first-order valence-corrected chi connectivity index (χ1v) is 5.45. The fourth-order valence-electron chi connectivity index (χ4n) is 1.30. The lowest BCUT2D eigenvalue weighted by atomic mass is 10.2. The molecule has 19 heavy (non-hydrogen) atoms. The number of benzene rings is 1. The van der Waals surface area contributed by atoms with E-state index in [0.29, 0.717) is 0 Å². The highest BCUT2D eigenvalue weighted by atomic mass is 19.4. The van der Waals surface area contributed by atoms with Crippen molar-refractivity contribution in [2.75, 3.05) is 6.61 Å². The van der Waals surface area contributed by atoms with Crippen LogP contribution in [0.25, 0.3) is 0 Å². The third-order valence-electron chi connectivity index (χ3n) is 2.16. The maximum atomic E-state index is 12.7. The maximum absolute atomic E-state index is 12.7. The average molecular weight is 275 g/mol. The summed E-state index contributed by atoms with van der Waals surface area (Å²) in [5.41, 5.74) is 0.0287. The molecule has 0 aliphatic heterocycles. The Hall–Kier alpha value is -2.05. The van der Waals surface area contributed by atoms with E-state index in [0.717, 1.165) is 0 Å². The van der Waals surface area contributed by atoms with Crippen molar-refractivity contribution >= 4 is 11.9 Å². The van der Waals surface area contributed by atoms with Gasteiger partial charge in [-0.1, -0.05) is 18.2 Å². The molecule has 1 N–H and O–H groups in total. The molecule has 0 saturated heterocycles. The molecule has 7 heteroatoms. The van der Waals surface area contributed by atoms with Crippen LogP contribution in [0.15, 0.2) is 30.3 Å². The van der Waals surface area contributed by atoms with Gasteiger partial charge in [0.05, 0.1) is 6.61 Å². The van der Waals surface area contributed by atoms with Gasteiger partial charge in [0.15, 0.2) is 0 Å². The Bertz CT molecular complexity index is 445. The van der Waals surface area contributed by atoms with Gasteiger partial charge in [0, 0.05) is 5.56 Å². The smallest absolute Gasteiger partial charge is 0.419 e. The van der Waals surface area contributed by atoms with Crippen molar-refractivity contribution < 1.29 is 27.5 Å². The number of hydrogen-bond donors (Lipinski definition) is 1. The molecule has 1 aromatic carbocycles. The Morgan fingerprint density at radius 3 is 2.32 bits per heavy atom. The highest BCUT2D eigenvalue weighted by Gasteiger charge is 2.47. The first kappa shape index (κ1) is 15.0. The summed E-state index contributed by atoms with van der Waals surface area (Å²) in [6.45, 7) is 1.18. The van der Waals surface area contributed by atoms with Crippen molar-refractivity contribution in [2.45, 2.75) is 19.1 Å². The van der Waals surface area contributed by atoms with E-state index < -0.39 is 24.1 Å². The molecule has 1 atom stereocenters. The van der Waals surface area contributed by atoms with E-state index in [1.165, 1.54) is 31.2 Å². The van der Waals surface area contributed by atoms with Gasteiger partial charge in [-0.05, 0) is 19.1 Å². The summed E-state index contributed by atoms with van der Waals surface area (Å²) < 4.78 is 42.3. The minimum atomic E-state index is -4.91. The number of ether oxygens (including phenoxy) is 1. The molecule has 0 saturated carbocycles. The number of carbonyl (C=O) groups excluding carboxylic acids is 2. The van der Waals surface area contributed by atoms with E-state index in [4.69, 9.17) is 0 Å². The van der Waals surface area contributed by atoms with Crippen LogP contribution in [0.2, 0.25) is 0 Å². The van der Waals surface area contributed by atoms with Gasteiger partial charge in [-0.15, -0.1) is 0 Å². The van der Waals surface area contributed by atoms with Gasteiger partial charge >= 0.3 is 12.1 Å². The molecule has 0 spiro atoms. The number of alkyl halides is 3. The zero-order chi connectivity index (χ0) is 14.5. The Labute approximate surface area is 107 Å². The maximum Gasteiger partial charge on any atom is 0.419 e. The molecule has 0 heterocycles. The minimum Gasteiger partial charge on any atom is -0.464 e. The molecule has 1 rings (SSSR count). The Kier molecular flexibility index (Phi) is 4.91. The van der Waals surface area contributed by atoms with Gasteiger partial charge in [-0.25, -0.2) is 4.79 Å². The van der Waals surface area contributed by atoms with Crippen LogP contribution in [0.3, 0.4) is 0 Å². The van der Waals surface area contributed by atoms with Gasteiger partial charge in [0.2, 0.25) is 6.04 Å². The average Bonchev–Trinajstić information content (AvgIpc) is 2.35. The minimum absolute atomic E-state index is 0.0287. The summed E-state index contributed by atoms with van der Waals surface area (Å²) in [5, 5.41) is 1.62. The van der Waals surface area contributed by atoms with Crippen LogP contribution in [0.5, 0.6) is 0 Å². The summed E-state index contributed by atoms with van der Waals surface area (Å²) in [7, 11) is 0. The summed E-state index contributed by atoms with van der Waals surface area (Å²) in [6.07, 6.45) is -4.91. The molecule has 1 amide bonds. The molecule has 104 valence electrons. The quantitative estimate of drug-likeness (QED) is 0.854. The van der Waals surface area contributed by atoms with Crippen LogP contribution >= 0.6 is 0 Å². The molecular weight excluding hydrogens is 263 g/mol. The first-order valence-electron chi connectivity index (χ1n) is 5.45. The Morgan fingerprint density at radius 2 is 1.84 bits per heavy atom. The lowest BCUT2D eigenvalue weighted by Crippen LogP contribution is -2.51. The second-order valence-corrected chi connectivity index (χ2v) is 3.57. The van der Waals surface area contributed by atoms with Crippen LogP contribution in [0.1, 0.15) is 17.3 Å². The van der Waals surface area contributed by atoms with E-state index in [-0.39, 0.29) is 12.2 Å². The monoisotopic (exact) mass is 275 g/mol. The van der Waals surface area contributed by atoms with Gasteiger partial charge in [0.1, 0.15) is 0 Å². The van der Waals surface area contributed by atoms with Crippen molar-refractivity contribution in [2.24, 2.45) is 0 Å². The highest BCUT2D eigenvalue weighted by Crippen LogP contribution is 2.21. The molecule has 0 aromatic heterocycles. The van der Waals surface area contributed by atoms with E-state index in [1.807, 2.05) is 0 Å². The molecule has 0 radical (unpaired) electrons. The zero-order valence-corrected chi connectivity index (χ0v) is 10.0. The second kappa shape index (κ2) is 6.21. The standard InChI is InChI=1S/C12H12F3NO3/c1-2-19-11(18)9(12(13,14)15)16-10(17)8-6-4-3-5-7-8/h3-7,9H,2H2,1H3,(H,16,17)/t9-/m0/s1. The summed E-state index contributed by atoms with van der Waals surface area (Å²) in [4.78, 5) is 22.8. The van der Waals surface area contributed by atoms with Gasteiger partial charge < -0.3 is 10.1 Å². The first-order chi connectivity index (χ1) is 8.86. The molecule has 0 unspecified atom stereocenters. The van der Waals surface area contributed by atoms with Crippen molar-refractivity contribution in [1.82, 2.24) is 5.32 Å². The molecule has 0 aliphatic rings. The van der Waals surface area contributed by atoms with Gasteiger partial charge in [-0.3, -0.25) is 4.79 Å². The molecular formula is C12H12F3NO3. The van der Waals surface area contributed by atoms with Crippen LogP contribution in [-0.2, 0) is 9.53 Å². The number of halogens is 3. The van der Waals surface area contributed by atoms with Crippen LogP contribution in [0.4, 0.5) is 13.2 Å². The Balaban J connectivity index is 2.84. The second-order valence-electron chi connectivity index (χ2n) is 3.57. The fourth-order valence-corrected chi connectivity index (χ4v) is 1.30. The lowest BCUT2D eigenvalue weighted by Gasteiger charge is -2.19. The third-order valence-corrected chi connectivity index (χ3v) is 2.16. The predicted octanol–water partition coefficient (Wildman–Crippen LogP) is 1.91. The largest absolute Gasteiger partial charge is 0.464 e. The highest BCUT2D eigenvalue weighted by molar-refractivity contribution is 5.96. The van der Waals surface area contributed by atoms with Gasteiger partial charge in [0.25, 0.3) is 5.91 Å². The van der Waals surface area contributed by atoms with E-state index in [9.17, 15) is 22.8 Å². The third kappa shape index (κ3) is 4.27. The van der Waals surface area contributed by atoms with Crippen LogP contribution in [0, 0.1) is 0 Å². The van der Waals surface area contributed by atoms with Crippen molar-refractivity contribution in [3.8, 4) is 0 Å². The summed E-state index contributed by atoms with van der Waals surface area (Å²) >= 11 is 0. The summed E-state index contributed by atoms with van der Waals surface area (Å²) in [6, 6.07) is 4.63. The van der Waals surface area contributed by atoms with Crippen molar-refractivity contribution in [1.29, 1.82) is 0 Å². The summed E-state index contributed by atoms with van der Waals surface area (Å²) in [5.74, 6) is -2.52. The molecule has 0 aliphatic carbocycles. The predicted molar refractivity (Wildman–Crippen MR) is 60.4 cm³/mol. The molecule has 1 aromatic rings. The number of hydrogen-bond acceptors (Lipinski definition) is 3.